The van der Waals surface area contributed by atoms with Gasteiger partial charge in [0.15, 0.2) is 11.2 Å². The van der Waals surface area contributed by atoms with E-state index < -0.39 is 0 Å². The fraction of sp³-hybridized carbons (Fsp3) is 0.194. The zero-order valence-corrected chi connectivity index (χ0v) is 38.8. The molecule has 4 heterocycles. The smallest absolute Gasteiger partial charge is 0.252 e. The molecule has 9 aromatic rings. The number of fused-ring (bicyclic) bond motifs is 15. The van der Waals surface area contributed by atoms with Crippen LogP contribution in [0.5, 0.6) is 0 Å². The van der Waals surface area contributed by atoms with Crippen LogP contribution in [0.25, 0.3) is 55.7 Å². The Morgan fingerprint density at radius 2 is 1.21 bits per heavy atom. The molecule has 0 bridgehead atoms. The number of para-hydroxylation sites is 3. The quantitative estimate of drug-likeness (QED) is 0.162. The van der Waals surface area contributed by atoms with E-state index in [-0.39, 0.29) is 17.5 Å². The van der Waals surface area contributed by atoms with Crippen molar-refractivity contribution in [1.29, 1.82) is 0 Å². The van der Waals surface area contributed by atoms with Gasteiger partial charge in [0.2, 0.25) is 0 Å². The van der Waals surface area contributed by atoms with Crippen molar-refractivity contribution in [3.05, 3.63) is 185 Å². The maximum atomic E-state index is 7.31. The zero-order chi connectivity index (χ0) is 44.8. The lowest BCUT2D eigenvalue weighted by Crippen LogP contribution is -2.61. The molecule has 2 aliphatic heterocycles. The lowest BCUT2D eigenvalue weighted by atomic mass is 9.33. The summed E-state index contributed by atoms with van der Waals surface area (Å²) in [7, 11) is 0. The van der Waals surface area contributed by atoms with E-state index >= 15 is 0 Å². The molecule has 15 rings (SSSR count). The van der Waals surface area contributed by atoms with E-state index in [1.165, 1.54) is 100 Å². The van der Waals surface area contributed by atoms with Crippen LogP contribution in [0.2, 0.25) is 0 Å². The van der Waals surface area contributed by atoms with Gasteiger partial charge in [0.25, 0.3) is 6.71 Å². The molecule has 2 aromatic heterocycles. The number of anilines is 6. The van der Waals surface area contributed by atoms with Crippen LogP contribution in [0.1, 0.15) is 93.9 Å². The van der Waals surface area contributed by atoms with Crippen molar-refractivity contribution in [2.45, 2.75) is 71.1 Å². The van der Waals surface area contributed by atoms with E-state index in [4.69, 9.17) is 8.83 Å². The maximum absolute atomic E-state index is 7.31. The SMILES string of the molecule is CC1C=CC2=C(C1)C(C)(C)c1c2cc2c3c(oc2c1N1c2ccccc2B2c4ccccc4N(c4c5c(cc6c4oc4ccccc46)-c4ccccc4C5(C)C)c4cccc1c42)C=CCC3C. The highest BCUT2D eigenvalue weighted by molar-refractivity contribution is 7.00. The van der Waals surface area contributed by atoms with Crippen molar-refractivity contribution in [3.63, 3.8) is 0 Å². The molecular formula is C62H49BN2O2. The van der Waals surface area contributed by atoms with E-state index in [0.29, 0.717) is 11.8 Å². The third-order valence-corrected chi connectivity index (χ3v) is 16.8. The van der Waals surface area contributed by atoms with Gasteiger partial charge in [-0.25, -0.2) is 0 Å². The van der Waals surface area contributed by atoms with E-state index in [1.54, 1.807) is 0 Å². The number of hydrogen-bond donors (Lipinski definition) is 0. The van der Waals surface area contributed by atoms with Crippen molar-refractivity contribution >= 4 is 102 Å². The summed E-state index contributed by atoms with van der Waals surface area (Å²) < 4.78 is 14.5. The van der Waals surface area contributed by atoms with Gasteiger partial charge in [0.05, 0.1) is 11.4 Å². The van der Waals surface area contributed by atoms with Crippen molar-refractivity contribution < 1.29 is 8.83 Å². The molecule has 0 fully saturated rings. The molecule has 0 saturated heterocycles. The summed E-state index contributed by atoms with van der Waals surface area (Å²) in [5.74, 6) is 1.83. The predicted octanol–water partition coefficient (Wildman–Crippen LogP) is 14.9. The van der Waals surface area contributed by atoms with Gasteiger partial charge in [-0.3, -0.25) is 0 Å². The lowest BCUT2D eigenvalue weighted by molar-refractivity contribution is 0.562. The first-order valence-corrected chi connectivity index (χ1v) is 24.3. The number of nitrogens with zero attached hydrogens (tertiary/aromatic N) is 2. The van der Waals surface area contributed by atoms with Gasteiger partial charge in [0, 0.05) is 55.3 Å². The zero-order valence-electron chi connectivity index (χ0n) is 38.8. The van der Waals surface area contributed by atoms with E-state index in [1.807, 2.05) is 0 Å². The van der Waals surface area contributed by atoms with Gasteiger partial charge >= 0.3 is 0 Å². The fourth-order valence-electron chi connectivity index (χ4n) is 13.9. The Kier molecular flexibility index (Phi) is 7.25. The second kappa shape index (κ2) is 12.8. The molecular weight excluding hydrogens is 816 g/mol. The Bertz CT molecular complexity index is 3830. The van der Waals surface area contributed by atoms with Crippen molar-refractivity contribution in [1.82, 2.24) is 0 Å². The van der Waals surface area contributed by atoms with Gasteiger partial charge in [-0.1, -0.05) is 150 Å². The number of allylic oxidation sites excluding steroid dienone is 5. The van der Waals surface area contributed by atoms with Crippen molar-refractivity contribution in [3.8, 4) is 11.1 Å². The summed E-state index contributed by atoms with van der Waals surface area (Å²) >= 11 is 0. The molecule has 0 spiro atoms. The summed E-state index contributed by atoms with van der Waals surface area (Å²) in [4.78, 5) is 5.22. The highest BCUT2D eigenvalue weighted by atomic mass is 16.3. The van der Waals surface area contributed by atoms with Crippen LogP contribution < -0.4 is 26.2 Å². The lowest BCUT2D eigenvalue weighted by Gasteiger charge is -2.45. The second-order valence-electron chi connectivity index (χ2n) is 21.2. The molecule has 5 heteroatoms. The Morgan fingerprint density at radius 3 is 1.97 bits per heavy atom. The molecule has 322 valence electrons. The average molecular weight is 865 g/mol. The standard InChI is InChI=1S/C62H49BN2O2/c1-34-29-30-37-40-33-42-53-35(2)17-15-28-52(53)67-60(42)58(55(40)62(5,6)44(37)31-34)65-48-24-13-11-22-46(48)63-45-21-10-12-23-47(45)64(49-25-16-26-50(65)56(49)63)57-54-39(36-18-7-9-20-43(36)61(54,3)4)32-41-38-19-8-14-27-51(38)66-59(41)57/h7-16,18-30,32-35H,17,31H2,1-6H3. The molecule has 4 aliphatic carbocycles. The van der Waals surface area contributed by atoms with Gasteiger partial charge in [0.1, 0.15) is 11.3 Å². The molecule has 4 nitrogen and oxygen atoms in total. The molecule has 7 aromatic carbocycles. The first-order chi connectivity index (χ1) is 32.6. The summed E-state index contributed by atoms with van der Waals surface area (Å²) in [5.41, 5.74) is 25.4. The number of furan rings is 2. The third-order valence-electron chi connectivity index (χ3n) is 16.8. The highest BCUT2D eigenvalue weighted by Gasteiger charge is 2.50. The first-order valence-electron chi connectivity index (χ1n) is 24.3. The number of rotatable bonds is 2. The normalized spacial score (nSPS) is 19.6. The minimum Gasteiger partial charge on any atom is -0.454 e. The van der Waals surface area contributed by atoms with Crippen LogP contribution >= 0.6 is 0 Å². The first kappa shape index (κ1) is 37.9. The topological polar surface area (TPSA) is 32.8 Å². The highest BCUT2D eigenvalue weighted by Crippen LogP contribution is 2.61. The van der Waals surface area contributed by atoms with E-state index in [0.717, 1.165) is 51.8 Å². The van der Waals surface area contributed by atoms with Crippen molar-refractivity contribution in [2.24, 2.45) is 5.92 Å². The molecule has 0 amide bonds. The van der Waals surface area contributed by atoms with Crippen LogP contribution in [0.3, 0.4) is 0 Å². The van der Waals surface area contributed by atoms with E-state index in [9.17, 15) is 0 Å². The molecule has 67 heavy (non-hydrogen) atoms. The minimum atomic E-state index is -0.308. The molecule has 0 radical (unpaired) electrons. The second-order valence-corrected chi connectivity index (χ2v) is 21.2. The predicted molar refractivity (Wildman–Crippen MR) is 280 cm³/mol. The summed E-state index contributed by atoms with van der Waals surface area (Å²) in [6.45, 7) is 14.4. The third kappa shape index (κ3) is 4.65. The van der Waals surface area contributed by atoms with Crippen LogP contribution in [0.4, 0.5) is 34.1 Å². The summed E-state index contributed by atoms with van der Waals surface area (Å²) in [6.07, 6.45) is 11.4. The Morgan fingerprint density at radius 1 is 0.582 bits per heavy atom. The number of benzene rings is 7. The Hall–Kier alpha value is -7.24. The monoisotopic (exact) mass is 864 g/mol. The van der Waals surface area contributed by atoms with Gasteiger partial charge in [-0.05, 0) is 129 Å². The Labute approximate surface area is 391 Å². The fourth-order valence-corrected chi connectivity index (χ4v) is 13.9. The molecule has 0 N–H and O–H groups in total. The number of hydrogen-bond acceptors (Lipinski definition) is 4. The maximum Gasteiger partial charge on any atom is 0.252 e. The molecule has 2 atom stereocenters. The molecule has 2 unspecified atom stereocenters. The van der Waals surface area contributed by atoms with Gasteiger partial charge in [-0.2, -0.15) is 0 Å². The van der Waals surface area contributed by atoms with Crippen LogP contribution in [0, 0.1) is 5.92 Å². The molecule has 6 aliphatic rings. The average Bonchev–Trinajstić information content (AvgIpc) is 4.04. The Balaban J connectivity index is 1.07. The van der Waals surface area contributed by atoms with Crippen LogP contribution in [-0.4, -0.2) is 6.71 Å². The van der Waals surface area contributed by atoms with Gasteiger partial charge < -0.3 is 18.6 Å². The minimum absolute atomic E-state index is 0.0117. The summed E-state index contributed by atoms with van der Waals surface area (Å²) in [6, 6.07) is 47.9. The van der Waals surface area contributed by atoms with Crippen molar-refractivity contribution in [2.75, 3.05) is 9.80 Å². The largest absolute Gasteiger partial charge is 0.454 e. The van der Waals surface area contributed by atoms with E-state index in [2.05, 4.69) is 203 Å². The molecule has 0 saturated carbocycles. The van der Waals surface area contributed by atoms with Crippen LogP contribution in [-0.2, 0) is 10.8 Å². The summed E-state index contributed by atoms with van der Waals surface area (Å²) in [5, 5.41) is 3.52. The van der Waals surface area contributed by atoms with Crippen LogP contribution in [0.15, 0.2) is 160 Å². The van der Waals surface area contributed by atoms with Gasteiger partial charge in [-0.15, -0.1) is 0 Å².